The molecule has 0 aliphatic carbocycles. The maximum absolute atomic E-state index is 13.8. The van der Waals surface area contributed by atoms with Crippen molar-refractivity contribution in [3.8, 4) is 0 Å². The van der Waals surface area contributed by atoms with Gasteiger partial charge in [0.05, 0.1) is 10.6 Å². The average molecular weight is 537 g/mol. The van der Waals surface area contributed by atoms with E-state index in [0.717, 1.165) is 43.6 Å². The number of carbonyl (C=O) groups is 2. The van der Waals surface area contributed by atoms with Gasteiger partial charge in [-0.1, -0.05) is 41.4 Å². The van der Waals surface area contributed by atoms with Gasteiger partial charge in [-0.15, -0.1) is 6.58 Å². The van der Waals surface area contributed by atoms with Crippen molar-refractivity contribution in [1.29, 1.82) is 0 Å². The van der Waals surface area contributed by atoms with Crippen molar-refractivity contribution in [3.05, 3.63) is 106 Å². The number of nitrogens with zero attached hydrogens (tertiary/aromatic N) is 1. The van der Waals surface area contributed by atoms with E-state index in [1.54, 1.807) is 48.5 Å². The summed E-state index contributed by atoms with van der Waals surface area (Å²) in [7, 11) is 0. The van der Waals surface area contributed by atoms with Crippen LogP contribution in [0.3, 0.4) is 0 Å². The Labute approximate surface area is 228 Å². The molecule has 4 rings (SSSR count). The zero-order valence-corrected chi connectivity index (χ0v) is 22.4. The Kier molecular flexibility index (Phi) is 9.04. The summed E-state index contributed by atoms with van der Waals surface area (Å²) in [6.07, 6.45) is 4.67. The van der Waals surface area contributed by atoms with Crippen molar-refractivity contribution >= 4 is 46.4 Å². The molecule has 0 aromatic heterocycles. The topological polar surface area (TPSA) is 61.4 Å². The lowest BCUT2D eigenvalue weighted by atomic mass is 9.90. The molecule has 1 aliphatic rings. The lowest BCUT2D eigenvalue weighted by molar-refractivity contribution is 0.0976. The van der Waals surface area contributed by atoms with Gasteiger partial charge in [-0.25, -0.2) is 0 Å². The molecule has 1 heterocycles. The standard InChI is InChI=1S/C30H31Cl2N3O2/c1-3-17-33-18-16-21-9-8-20(2)35(28-15-12-23(31)19-26(21)28)30(37)22-10-13-24(14-11-22)34-29(36)25-6-4-5-7-27(25)32/h3-7,10-15,19-21,33H,1,8-9,16-18H2,2H3,(H,34,36). The number of carbonyl (C=O) groups excluding carboxylic acids is 2. The Balaban J connectivity index is 1.55. The number of nitrogens with one attached hydrogen (secondary N) is 2. The molecule has 2 N–H and O–H groups in total. The average Bonchev–Trinajstić information content (AvgIpc) is 3.02. The molecule has 0 bridgehead atoms. The van der Waals surface area contributed by atoms with Gasteiger partial charge >= 0.3 is 0 Å². The first-order valence-electron chi connectivity index (χ1n) is 12.5. The number of benzene rings is 3. The van der Waals surface area contributed by atoms with Crippen molar-refractivity contribution in [3.63, 3.8) is 0 Å². The molecule has 0 saturated carbocycles. The van der Waals surface area contributed by atoms with E-state index in [2.05, 4.69) is 24.1 Å². The molecule has 3 aromatic carbocycles. The Morgan fingerprint density at radius 1 is 1.05 bits per heavy atom. The Morgan fingerprint density at radius 2 is 1.81 bits per heavy atom. The van der Waals surface area contributed by atoms with Gasteiger partial charge < -0.3 is 15.5 Å². The van der Waals surface area contributed by atoms with E-state index in [-0.39, 0.29) is 17.9 Å². The molecule has 7 heteroatoms. The molecule has 37 heavy (non-hydrogen) atoms. The highest BCUT2D eigenvalue weighted by atomic mass is 35.5. The summed E-state index contributed by atoms with van der Waals surface area (Å²) in [5.74, 6) is -0.0793. The fourth-order valence-electron chi connectivity index (χ4n) is 4.81. The lowest BCUT2D eigenvalue weighted by Crippen LogP contribution is -2.38. The Hall–Kier alpha value is -3.12. The summed E-state index contributed by atoms with van der Waals surface area (Å²) in [4.78, 5) is 28.3. The fourth-order valence-corrected chi connectivity index (χ4v) is 5.21. The van der Waals surface area contributed by atoms with Crippen LogP contribution >= 0.6 is 23.2 Å². The van der Waals surface area contributed by atoms with Crippen molar-refractivity contribution < 1.29 is 9.59 Å². The summed E-state index contributed by atoms with van der Waals surface area (Å²) < 4.78 is 0. The predicted octanol–water partition coefficient (Wildman–Crippen LogP) is 7.32. The summed E-state index contributed by atoms with van der Waals surface area (Å²) in [6.45, 7) is 7.49. The normalized spacial score (nSPS) is 17.0. The second-order valence-electron chi connectivity index (χ2n) is 9.29. The van der Waals surface area contributed by atoms with E-state index in [0.29, 0.717) is 32.8 Å². The van der Waals surface area contributed by atoms with Crippen LogP contribution in [0, 0.1) is 0 Å². The molecule has 0 spiro atoms. The number of anilines is 2. The number of rotatable bonds is 8. The van der Waals surface area contributed by atoms with Gasteiger partial charge in [-0.2, -0.15) is 0 Å². The third-order valence-electron chi connectivity index (χ3n) is 6.75. The smallest absolute Gasteiger partial charge is 0.258 e. The zero-order chi connectivity index (χ0) is 26.4. The minimum atomic E-state index is -0.301. The molecular formula is C30H31Cl2N3O2. The van der Waals surface area contributed by atoms with Crippen LogP contribution in [0.1, 0.15) is 58.4 Å². The number of halogens is 2. The van der Waals surface area contributed by atoms with E-state index in [4.69, 9.17) is 23.2 Å². The summed E-state index contributed by atoms with van der Waals surface area (Å²) in [5.41, 5.74) is 3.55. The second kappa shape index (κ2) is 12.4. The summed E-state index contributed by atoms with van der Waals surface area (Å²) >= 11 is 12.5. The van der Waals surface area contributed by atoms with Crippen LogP contribution in [0.15, 0.2) is 79.4 Å². The first kappa shape index (κ1) is 26.9. The second-order valence-corrected chi connectivity index (χ2v) is 10.1. The SMILES string of the molecule is C=CCNCCC1CCC(C)N(C(=O)c2ccc(NC(=O)c3ccccc3Cl)cc2)c2ccc(Cl)cc21. The van der Waals surface area contributed by atoms with E-state index in [1.807, 2.05) is 29.2 Å². The Morgan fingerprint density at radius 3 is 2.54 bits per heavy atom. The van der Waals surface area contributed by atoms with Crippen LogP contribution in [-0.4, -0.2) is 30.9 Å². The molecular weight excluding hydrogens is 505 g/mol. The number of fused-ring (bicyclic) bond motifs is 1. The fraction of sp³-hybridized carbons (Fsp3) is 0.267. The molecule has 0 saturated heterocycles. The number of hydrogen-bond donors (Lipinski definition) is 2. The minimum absolute atomic E-state index is 0.0261. The highest BCUT2D eigenvalue weighted by molar-refractivity contribution is 6.34. The van der Waals surface area contributed by atoms with Gasteiger partial charge in [-0.05, 0) is 98.8 Å². The van der Waals surface area contributed by atoms with Crippen molar-refractivity contribution in [2.24, 2.45) is 0 Å². The molecule has 5 nitrogen and oxygen atoms in total. The van der Waals surface area contributed by atoms with Gasteiger partial charge in [0.15, 0.2) is 0 Å². The number of hydrogen-bond acceptors (Lipinski definition) is 3. The van der Waals surface area contributed by atoms with Crippen molar-refractivity contribution in [2.45, 2.75) is 38.1 Å². The van der Waals surface area contributed by atoms with Crippen molar-refractivity contribution in [1.82, 2.24) is 5.32 Å². The quantitative estimate of drug-likeness (QED) is 0.234. The predicted molar refractivity (Wildman–Crippen MR) is 153 cm³/mol. The van der Waals surface area contributed by atoms with Crippen LogP contribution in [0.4, 0.5) is 11.4 Å². The van der Waals surface area contributed by atoms with Gasteiger partial charge in [0.25, 0.3) is 11.8 Å². The van der Waals surface area contributed by atoms with Crippen LogP contribution < -0.4 is 15.5 Å². The molecule has 2 atom stereocenters. The Bertz CT molecular complexity index is 1280. The largest absolute Gasteiger partial charge is 0.322 e. The minimum Gasteiger partial charge on any atom is -0.322 e. The lowest BCUT2D eigenvalue weighted by Gasteiger charge is -2.29. The van der Waals surface area contributed by atoms with Crippen LogP contribution in [0.2, 0.25) is 10.0 Å². The third kappa shape index (κ3) is 6.42. The van der Waals surface area contributed by atoms with E-state index >= 15 is 0 Å². The highest BCUT2D eigenvalue weighted by Gasteiger charge is 2.31. The van der Waals surface area contributed by atoms with Crippen LogP contribution in [0.25, 0.3) is 0 Å². The monoisotopic (exact) mass is 535 g/mol. The number of amides is 2. The molecule has 0 radical (unpaired) electrons. The molecule has 0 fully saturated rings. The van der Waals surface area contributed by atoms with Crippen LogP contribution in [-0.2, 0) is 0 Å². The van der Waals surface area contributed by atoms with Gasteiger partial charge in [0, 0.05) is 34.5 Å². The van der Waals surface area contributed by atoms with Crippen LogP contribution in [0.5, 0.6) is 0 Å². The van der Waals surface area contributed by atoms with E-state index in [1.165, 1.54) is 0 Å². The van der Waals surface area contributed by atoms with Gasteiger partial charge in [0.2, 0.25) is 0 Å². The highest BCUT2D eigenvalue weighted by Crippen LogP contribution is 2.40. The maximum Gasteiger partial charge on any atom is 0.258 e. The molecule has 3 aromatic rings. The molecule has 2 amide bonds. The van der Waals surface area contributed by atoms with Gasteiger partial charge in [0.1, 0.15) is 0 Å². The third-order valence-corrected chi connectivity index (χ3v) is 7.31. The van der Waals surface area contributed by atoms with E-state index < -0.39 is 0 Å². The van der Waals surface area contributed by atoms with Crippen molar-refractivity contribution in [2.75, 3.05) is 23.3 Å². The van der Waals surface area contributed by atoms with Gasteiger partial charge in [-0.3, -0.25) is 9.59 Å². The summed E-state index contributed by atoms with van der Waals surface area (Å²) in [5, 5.41) is 7.28. The first-order chi connectivity index (χ1) is 17.9. The first-order valence-corrected chi connectivity index (χ1v) is 13.2. The molecule has 2 unspecified atom stereocenters. The molecule has 1 aliphatic heterocycles. The molecule has 192 valence electrons. The summed E-state index contributed by atoms with van der Waals surface area (Å²) in [6, 6.07) is 19.7. The van der Waals surface area contributed by atoms with E-state index in [9.17, 15) is 9.59 Å². The zero-order valence-electron chi connectivity index (χ0n) is 20.8. The maximum atomic E-state index is 13.8.